The molecule has 2 aromatic carbocycles. The van der Waals surface area contributed by atoms with Crippen molar-refractivity contribution in [1.29, 1.82) is 0 Å². The molecule has 0 radical (unpaired) electrons. The average Bonchev–Trinajstić information content (AvgIpc) is 3.48. The van der Waals surface area contributed by atoms with Crippen molar-refractivity contribution in [1.82, 2.24) is 15.8 Å². The van der Waals surface area contributed by atoms with Crippen LogP contribution in [0.25, 0.3) is 5.76 Å². The Kier molecular flexibility index (Phi) is 7.87. The van der Waals surface area contributed by atoms with Crippen molar-refractivity contribution in [2.45, 2.75) is 18.0 Å². The predicted molar refractivity (Wildman–Crippen MR) is 149 cm³/mol. The Morgan fingerprint density at radius 1 is 1.28 bits per heavy atom. The number of halogens is 2. The fourth-order valence-corrected chi connectivity index (χ4v) is 5.75. The Bertz CT molecular complexity index is 1530. The number of hydrogen-bond acceptors (Lipinski definition) is 9. The second-order valence-corrected chi connectivity index (χ2v) is 10.7. The number of benzene rings is 2. The third-order valence-electron chi connectivity index (χ3n) is 6.16. The van der Waals surface area contributed by atoms with E-state index in [2.05, 4.69) is 21.2 Å². The number of aromatic nitrogens is 1. The number of hydrogen-bond donors (Lipinski definition) is 3. The number of fused-ring (bicyclic) bond motifs is 1. The first-order chi connectivity index (χ1) is 18.7. The molecule has 2 aliphatic heterocycles. The topological polar surface area (TPSA) is 135 Å². The van der Waals surface area contributed by atoms with Crippen molar-refractivity contribution >= 4 is 64.0 Å². The maximum atomic E-state index is 12.9. The second-order valence-electron chi connectivity index (χ2n) is 8.89. The Hall–Kier alpha value is -3.48. The van der Waals surface area contributed by atoms with E-state index < -0.39 is 10.9 Å². The van der Waals surface area contributed by atoms with Crippen LogP contribution >= 0.6 is 35.0 Å². The lowest BCUT2D eigenvalue weighted by Crippen LogP contribution is -2.24. The molecule has 13 heteroatoms. The standard InChI is InChI=1S/C26H21Cl2N5O5S/c1-13-7-18-21(9-15-11-29-32-24(15)14-3-2-4-17(8-14)33(36)37)38-26(35)23(18)25(30-13)39-12-22(34)31-20-6-5-16(27)10-19(20)28/h2-10,15,24,29,32H,11-12H2,1H3,(H,31,34)/b21-9+. The average molecular weight is 586 g/mol. The first-order valence-electron chi connectivity index (χ1n) is 11.8. The molecule has 1 amide bonds. The fourth-order valence-electron chi connectivity index (χ4n) is 4.40. The maximum Gasteiger partial charge on any atom is 0.347 e. The summed E-state index contributed by atoms with van der Waals surface area (Å²) in [5.41, 5.74) is 8.91. The zero-order chi connectivity index (χ0) is 27.7. The first kappa shape index (κ1) is 27.1. The molecule has 1 aromatic heterocycles. The van der Waals surface area contributed by atoms with Crippen LogP contribution < -0.4 is 16.2 Å². The molecule has 10 nitrogen and oxygen atoms in total. The van der Waals surface area contributed by atoms with Crippen LogP contribution in [-0.4, -0.2) is 34.1 Å². The van der Waals surface area contributed by atoms with Crippen molar-refractivity contribution in [3.05, 3.63) is 97.2 Å². The van der Waals surface area contributed by atoms with E-state index in [1.807, 2.05) is 12.1 Å². The number of cyclic esters (lactones) is 1. The van der Waals surface area contributed by atoms with Gasteiger partial charge in [-0.2, -0.15) is 0 Å². The molecular formula is C26H21Cl2N5O5S. The number of thioether (sulfide) groups is 1. The van der Waals surface area contributed by atoms with E-state index in [0.29, 0.717) is 49.9 Å². The van der Waals surface area contributed by atoms with E-state index in [-0.39, 0.29) is 29.3 Å². The van der Waals surface area contributed by atoms with Crippen molar-refractivity contribution in [2.24, 2.45) is 5.92 Å². The number of carbonyl (C=O) groups is 2. The highest BCUT2D eigenvalue weighted by Gasteiger charge is 2.35. The number of nitrogens with zero attached hydrogens (tertiary/aromatic N) is 2. The van der Waals surface area contributed by atoms with E-state index in [9.17, 15) is 19.7 Å². The summed E-state index contributed by atoms with van der Waals surface area (Å²) in [5.74, 6) is -0.685. The molecule has 3 N–H and O–H groups in total. The normalized spacial score (nSPS) is 19.2. The zero-order valence-corrected chi connectivity index (χ0v) is 22.7. The monoisotopic (exact) mass is 585 g/mol. The Balaban J connectivity index is 1.36. The highest BCUT2D eigenvalue weighted by molar-refractivity contribution is 8.00. The molecule has 0 bridgehead atoms. The summed E-state index contributed by atoms with van der Waals surface area (Å²) < 4.78 is 5.64. The second kappa shape index (κ2) is 11.3. The van der Waals surface area contributed by atoms with Gasteiger partial charge in [0.2, 0.25) is 5.91 Å². The van der Waals surface area contributed by atoms with E-state index in [4.69, 9.17) is 27.9 Å². The Morgan fingerprint density at radius 2 is 2.10 bits per heavy atom. The van der Waals surface area contributed by atoms with Crippen LogP contribution in [0, 0.1) is 23.0 Å². The van der Waals surface area contributed by atoms with Gasteiger partial charge in [-0.05, 0) is 42.8 Å². The predicted octanol–water partition coefficient (Wildman–Crippen LogP) is 5.31. The summed E-state index contributed by atoms with van der Waals surface area (Å²) in [5, 5.41) is 15.1. The molecule has 0 saturated carbocycles. The van der Waals surface area contributed by atoms with Gasteiger partial charge in [0.1, 0.15) is 16.3 Å². The molecule has 1 saturated heterocycles. The number of nitro groups is 1. The SMILES string of the molecule is Cc1cc2c(c(SCC(=O)Nc3ccc(Cl)cc3Cl)n1)C(=O)O/C2=C/C1CNNC1c1cccc([N+](=O)[O-])c1. The Morgan fingerprint density at radius 3 is 2.87 bits per heavy atom. The summed E-state index contributed by atoms with van der Waals surface area (Å²) in [6.07, 6.45) is 1.84. The lowest BCUT2D eigenvalue weighted by atomic mass is 9.93. The molecule has 1 fully saturated rings. The number of anilines is 1. The minimum atomic E-state index is -0.557. The molecule has 2 aliphatic rings. The van der Waals surface area contributed by atoms with Gasteiger partial charge in [-0.15, -0.1) is 0 Å². The van der Waals surface area contributed by atoms with E-state index in [0.717, 1.165) is 17.3 Å². The Labute approximate surface area is 237 Å². The highest BCUT2D eigenvalue weighted by atomic mass is 35.5. The van der Waals surface area contributed by atoms with Gasteiger partial charge in [-0.3, -0.25) is 20.3 Å². The number of hydrazine groups is 1. The molecule has 3 aromatic rings. The van der Waals surface area contributed by atoms with Crippen LogP contribution in [0.5, 0.6) is 0 Å². The van der Waals surface area contributed by atoms with Crippen LogP contribution in [-0.2, 0) is 9.53 Å². The van der Waals surface area contributed by atoms with Crippen molar-refractivity contribution < 1.29 is 19.2 Å². The van der Waals surface area contributed by atoms with E-state index in [1.165, 1.54) is 18.2 Å². The summed E-state index contributed by atoms with van der Waals surface area (Å²) >= 11 is 13.2. The van der Waals surface area contributed by atoms with Gasteiger partial charge < -0.3 is 10.1 Å². The molecule has 5 rings (SSSR count). The molecule has 0 spiro atoms. The molecule has 2 atom stereocenters. The minimum absolute atomic E-state index is 0.00372. The van der Waals surface area contributed by atoms with Crippen molar-refractivity contribution in [3.63, 3.8) is 0 Å². The van der Waals surface area contributed by atoms with Gasteiger partial charge in [-0.25, -0.2) is 15.2 Å². The van der Waals surface area contributed by atoms with Crippen LogP contribution in [0.1, 0.15) is 33.2 Å². The third-order valence-corrected chi connectivity index (χ3v) is 7.68. The number of carbonyl (C=O) groups excluding carboxylic acids is 2. The summed E-state index contributed by atoms with van der Waals surface area (Å²) in [6.45, 7) is 2.31. The van der Waals surface area contributed by atoms with Crippen LogP contribution in [0.15, 0.2) is 59.6 Å². The van der Waals surface area contributed by atoms with Gasteiger partial charge in [0.15, 0.2) is 0 Å². The number of nitrogens with one attached hydrogen (secondary N) is 3. The summed E-state index contributed by atoms with van der Waals surface area (Å²) in [4.78, 5) is 40.8. The highest BCUT2D eigenvalue weighted by Crippen LogP contribution is 2.39. The number of ether oxygens (including phenoxy) is 1. The molecule has 2 unspecified atom stereocenters. The number of rotatable bonds is 7. The van der Waals surface area contributed by atoms with Crippen molar-refractivity contribution in [3.8, 4) is 0 Å². The van der Waals surface area contributed by atoms with Gasteiger partial charge in [-0.1, -0.05) is 47.1 Å². The number of esters is 1. The number of non-ortho nitro benzene ring substituents is 1. The molecule has 39 heavy (non-hydrogen) atoms. The quantitative estimate of drug-likeness (QED) is 0.146. The van der Waals surface area contributed by atoms with Crippen LogP contribution in [0.4, 0.5) is 11.4 Å². The molecule has 0 aliphatic carbocycles. The smallest absolute Gasteiger partial charge is 0.347 e. The number of nitro benzene ring substituents is 1. The number of amides is 1. The molecule has 3 heterocycles. The largest absolute Gasteiger partial charge is 0.423 e. The summed E-state index contributed by atoms with van der Waals surface area (Å²) in [7, 11) is 0. The van der Waals surface area contributed by atoms with Crippen LogP contribution in [0.2, 0.25) is 10.0 Å². The van der Waals surface area contributed by atoms with Gasteiger partial charge in [0, 0.05) is 40.9 Å². The fraction of sp³-hybridized carbons (Fsp3) is 0.192. The van der Waals surface area contributed by atoms with Gasteiger partial charge >= 0.3 is 5.97 Å². The van der Waals surface area contributed by atoms with E-state index in [1.54, 1.807) is 31.2 Å². The lowest BCUT2D eigenvalue weighted by molar-refractivity contribution is -0.384. The lowest BCUT2D eigenvalue weighted by Gasteiger charge is -2.16. The number of pyridine rings is 1. The van der Waals surface area contributed by atoms with Crippen LogP contribution in [0.3, 0.4) is 0 Å². The zero-order valence-electron chi connectivity index (χ0n) is 20.4. The maximum absolute atomic E-state index is 12.9. The molecular weight excluding hydrogens is 565 g/mol. The number of aryl methyl sites for hydroxylation is 1. The minimum Gasteiger partial charge on any atom is -0.423 e. The van der Waals surface area contributed by atoms with E-state index >= 15 is 0 Å². The summed E-state index contributed by atoms with van der Waals surface area (Å²) in [6, 6.07) is 12.7. The van der Waals surface area contributed by atoms with Gasteiger partial charge in [0.05, 0.1) is 27.4 Å². The third kappa shape index (κ3) is 5.92. The molecule has 200 valence electrons. The first-order valence-corrected chi connectivity index (χ1v) is 13.5. The van der Waals surface area contributed by atoms with Gasteiger partial charge in [0.25, 0.3) is 5.69 Å². The van der Waals surface area contributed by atoms with Crippen molar-refractivity contribution in [2.75, 3.05) is 17.6 Å².